The topological polar surface area (TPSA) is 23.6 Å². The number of carbonyl (C=O) groups excluding carboxylic acids is 1. The van der Waals surface area contributed by atoms with Crippen LogP contribution in [0.25, 0.3) is 0 Å². The Morgan fingerprint density at radius 3 is 2.65 bits per heavy atom. The SMILES string of the molecule is CC(C)c1ccc2c(c1)CCN(CC(=O)N1CCC1)C2. The lowest BCUT2D eigenvalue weighted by molar-refractivity contribution is -0.136. The Balaban J connectivity index is 1.64. The summed E-state index contributed by atoms with van der Waals surface area (Å²) in [7, 11) is 0. The van der Waals surface area contributed by atoms with E-state index in [9.17, 15) is 4.79 Å². The van der Waals surface area contributed by atoms with Crippen molar-refractivity contribution in [1.82, 2.24) is 9.80 Å². The van der Waals surface area contributed by atoms with Crippen molar-refractivity contribution < 1.29 is 4.79 Å². The summed E-state index contributed by atoms with van der Waals surface area (Å²) >= 11 is 0. The van der Waals surface area contributed by atoms with Gasteiger partial charge in [-0.1, -0.05) is 32.0 Å². The average Bonchev–Trinajstić information content (AvgIpc) is 2.35. The quantitative estimate of drug-likeness (QED) is 0.843. The molecule has 0 N–H and O–H groups in total. The van der Waals surface area contributed by atoms with E-state index in [-0.39, 0.29) is 0 Å². The molecule has 108 valence electrons. The zero-order valence-corrected chi connectivity index (χ0v) is 12.6. The molecular formula is C17H24N2O. The maximum atomic E-state index is 12.0. The average molecular weight is 272 g/mol. The summed E-state index contributed by atoms with van der Waals surface area (Å²) in [5.74, 6) is 0.893. The van der Waals surface area contributed by atoms with Crippen molar-refractivity contribution in [3.63, 3.8) is 0 Å². The molecule has 0 unspecified atom stereocenters. The summed E-state index contributed by atoms with van der Waals surface area (Å²) in [5, 5.41) is 0. The second kappa shape index (κ2) is 5.57. The van der Waals surface area contributed by atoms with E-state index in [1.165, 1.54) is 23.1 Å². The van der Waals surface area contributed by atoms with Gasteiger partial charge in [0.2, 0.25) is 5.91 Å². The first-order valence-electron chi connectivity index (χ1n) is 7.75. The molecule has 3 heteroatoms. The molecular weight excluding hydrogens is 248 g/mol. The summed E-state index contributed by atoms with van der Waals surface area (Å²) in [5.41, 5.74) is 4.30. The number of benzene rings is 1. The zero-order valence-electron chi connectivity index (χ0n) is 12.6. The molecule has 0 spiro atoms. The zero-order chi connectivity index (χ0) is 14.1. The van der Waals surface area contributed by atoms with Crippen LogP contribution in [-0.2, 0) is 17.8 Å². The largest absolute Gasteiger partial charge is 0.341 e. The Hall–Kier alpha value is -1.35. The second-order valence-electron chi connectivity index (χ2n) is 6.38. The van der Waals surface area contributed by atoms with Gasteiger partial charge in [0, 0.05) is 26.2 Å². The number of nitrogens with zero attached hydrogens (tertiary/aromatic N) is 2. The summed E-state index contributed by atoms with van der Waals surface area (Å²) in [6.07, 6.45) is 2.25. The molecule has 2 aliphatic rings. The van der Waals surface area contributed by atoms with Crippen LogP contribution in [0, 0.1) is 0 Å². The fourth-order valence-corrected chi connectivity index (χ4v) is 2.98. The van der Waals surface area contributed by atoms with Crippen molar-refractivity contribution in [3.05, 3.63) is 34.9 Å². The minimum Gasteiger partial charge on any atom is -0.341 e. The van der Waals surface area contributed by atoms with E-state index in [1.807, 2.05) is 4.90 Å². The molecule has 0 atom stereocenters. The summed E-state index contributed by atoms with van der Waals surface area (Å²) in [6.45, 7) is 8.92. The van der Waals surface area contributed by atoms with E-state index >= 15 is 0 Å². The first-order valence-corrected chi connectivity index (χ1v) is 7.75. The lowest BCUT2D eigenvalue weighted by atomic mass is 9.93. The molecule has 0 bridgehead atoms. The number of hydrogen-bond donors (Lipinski definition) is 0. The van der Waals surface area contributed by atoms with Gasteiger partial charge in [0.15, 0.2) is 0 Å². The van der Waals surface area contributed by atoms with Gasteiger partial charge in [-0.25, -0.2) is 0 Å². The maximum Gasteiger partial charge on any atom is 0.236 e. The van der Waals surface area contributed by atoms with Crippen LogP contribution in [0.15, 0.2) is 18.2 Å². The van der Waals surface area contributed by atoms with Gasteiger partial charge in [-0.3, -0.25) is 9.69 Å². The van der Waals surface area contributed by atoms with Crippen LogP contribution in [-0.4, -0.2) is 41.9 Å². The molecule has 3 rings (SSSR count). The van der Waals surface area contributed by atoms with Gasteiger partial charge in [0.05, 0.1) is 6.54 Å². The van der Waals surface area contributed by atoms with E-state index in [2.05, 4.69) is 36.9 Å². The minimum absolute atomic E-state index is 0.304. The highest BCUT2D eigenvalue weighted by Crippen LogP contribution is 2.24. The maximum absolute atomic E-state index is 12.0. The molecule has 3 nitrogen and oxygen atoms in total. The van der Waals surface area contributed by atoms with E-state index in [0.717, 1.165) is 32.6 Å². The van der Waals surface area contributed by atoms with E-state index < -0.39 is 0 Å². The van der Waals surface area contributed by atoms with Gasteiger partial charge >= 0.3 is 0 Å². The van der Waals surface area contributed by atoms with Crippen LogP contribution in [0.2, 0.25) is 0 Å². The summed E-state index contributed by atoms with van der Waals surface area (Å²) < 4.78 is 0. The molecule has 0 saturated carbocycles. The van der Waals surface area contributed by atoms with E-state index in [0.29, 0.717) is 18.4 Å². The molecule has 0 aromatic heterocycles. The number of fused-ring (bicyclic) bond motifs is 1. The third kappa shape index (κ3) is 2.73. The van der Waals surface area contributed by atoms with Gasteiger partial charge in [-0.2, -0.15) is 0 Å². The summed E-state index contributed by atoms with van der Waals surface area (Å²) in [6, 6.07) is 6.85. The Morgan fingerprint density at radius 2 is 2.00 bits per heavy atom. The molecule has 20 heavy (non-hydrogen) atoms. The van der Waals surface area contributed by atoms with Crippen molar-refractivity contribution in [2.75, 3.05) is 26.2 Å². The van der Waals surface area contributed by atoms with Gasteiger partial charge in [-0.05, 0) is 35.4 Å². The highest BCUT2D eigenvalue weighted by molar-refractivity contribution is 5.79. The molecule has 1 aromatic carbocycles. The molecule has 2 aliphatic heterocycles. The number of carbonyl (C=O) groups is 1. The van der Waals surface area contributed by atoms with Gasteiger partial charge in [-0.15, -0.1) is 0 Å². The lowest BCUT2D eigenvalue weighted by Gasteiger charge is -2.35. The van der Waals surface area contributed by atoms with Crippen LogP contribution < -0.4 is 0 Å². The Bertz CT molecular complexity index is 506. The monoisotopic (exact) mass is 272 g/mol. The van der Waals surface area contributed by atoms with Crippen LogP contribution in [0.5, 0.6) is 0 Å². The van der Waals surface area contributed by atoms with E-state index in [4.69, 9.17) is 0 Å². The third-order valence-electron chi connectivity index (χ3n) is 4.56. The van der Waals surface area contributed by atoms with Crippen molar-refractivity contribution in [2.45, 2.75) is 39.2 Å². The Morgan fingerprint density at radius 1 is 1.20 bits per heavy atom. The minimum atomic E-state index is 0.304. The molecule has 1 amide bonds. The molecule has 2 heterocycles. The number of amides is 1. The van der Waals surface area contributed by atoms with Crippen molar-refractivity contribution in [3.8, 4) is 0 Å². The first-order chi connectivity index (χ1) is 9.63. The van der Waals surface area contributed by atoms with Crippen molar-refractivity contribution >= 4 is 5.91 Å². The number of hydrogen-bond acceptors (Lipinski definition) is 2. The predicted octanol–water partition coefficient (Wildman–Crippen LogP) is 2.40. The highest BCUT2D eigenvalue weighted by Gasteiger charge is 2.24. The van der Waals surface area contributed by atoms with Gasteiger partial charge in [0.25, 0.3) is 0 Å². The number of likely N-dealkylation sites (tertiary alicyclic amines) is 1. The Kier molecular flexibility index (Phi) is 3.79. The van der Waals surface area contributed by atoms with Gasteiger partial charge < -0.3 is 4.90 Å². The van der Waals surface area contributed by atoms with Crippen LogP contribution in [0.3, 0.4) is 0 Å². The second-order valence-corrected chi connectivity index (χ2v) is 6.38. The predicted molar refractivity (Wildman–Crippen MR) is 80.7 cm³/mol. The summed E-state index contributed by atoms with van der Waals surface area (Å²) in [4.78, 5) is 16.3. The standard InChI is InChI=1S/C17H24N2O/c1-13(2)14-4-5-16-11-18(9-6-15(16)10-14)12-17(20)19-7-3-8-19/h4-5,10,13H,3,6-9,11-12H2,1-2H3. The van der Waals surface area contributed by atoms with Crippen molar-refractivity contribution in [2.24, 2.45) is 0 Å². The Labute approximate surface area is 121 Å². The molecule has 1 fully saturated rings. The van der Waals surface area contributed by atoms with Crippen LogP contribution >= 0.6 is 0 Å². The number of rotatable bonds is 3. The fraction of sp³-hybridized carbons (Fsp3) is 0.588. The smallest absolute Gasteiger partial charge is 0.236 e. The molecule has 1 aromatic rings. The normalized spacial score (nSPS) is 18.9. The van der Waals surface area contributed by atoms with Crippen LogP contribution in [0.1, 0.15) is 42.9 Å². The fourth-order valence-electron chi connectivity index (χ4n) is 2.98. The van der Waals surface area contributed by atoms with E-state index in [1.54, 1.807) is 0 Å². The molecule has 0 aliphatic carbocycles. The van der Waals surface area contributed by atoms with Crippen LogP contribution in [0.4, 0.5) is 0 Å². The lowest BCUT2D eigenvalue weighted by Crippen LogP contribution is -2.47. The van der Waals surface area contributed by atoms with Crippen molar-refractivity contribution in [1.29, 1.82) is 0 Å². The highest BCUT2D eigenvalue weighted by atomic mass is 16.2. The van der Waals surface area contributed by atoms with Gasteiger partial charge in [0.1, 0.15) is 0 Å². The molecule has 0 radical (unpaired) electrons. The first kappa shape index (κ1) is 13.6. The third-order valence-corrected chi connectivity index (χ3v) is 4.56. The molecule has 1 saturated heterocycles.